The molecule has 4 nitrogen and oxygen atoms in total. The summed E-state index contributed by atoms with van der Waals surface area (Å²) >= 11 is 0. The van der Waals surface area contributed by atoms with E-state index in [1.54, 1.807) is 12.4 Å². The Kier molecular flexibility index (Phi) is 3.88. The Morgan fingerprint density at radius 2 is 1.94 bits per heavy atom. The first-order valence-electron chi connectivity index (χ1n) is 5.69. The van der Waals surface area contributed by atoms with Gasteiger partial charge in [-0.15, -0.1) is 0 Å². The number of aliphatic hydroxyl groups is 1. The molecule has 2 heterocycles. The normalized spacial score (nSPS) is 21.6. The molecule has 1 aliphatic rings. The van der Waals surface area contributed by atoms with Gasteiger partial charge in [0.15, 0.2) is 0 Å². The number of ether oxygens (including phenoxy) is 1. The molecule has 2 unspecified atom stereocenters. The van der Waals surface area contributed by atoms with Crippen LogP contribution in [0, 0.1) is 0 Å². The number of rotatable bonds is 3. The van der Waals surface area contributed by atoms with Crippen molar-refractivity contribution >= 4 is 0 Å². The van der Waals surface area contributed by atoms with Crippen molar-refractivity contribution in [2.24, 2.45) is 0 Å². The summed E-state index contributed by atoms with van der Waals surface area (Å²) in [5, 5.41) is 10.2. The van der Waals surface area contributed by atoms with Gasteiger partial charge >= 0.3 is 0 Å². The van der Waals surface area contributed by atoms with Crippen LogP contribution in [0.15, 0.2) is 24.5 Å². The van der Waals surface area contributed by atoms with E-state index in [2.05, 4.69) is 16.8 Å². The second-order valence-electron chi connectivity index (χ2n) is 4.11. The van der Waals surface area contributed by atoms with Crippen LogP contribution in [0.2, 0.25) is 0 Å². The summed E-state index contributed by atoms with van der Waals surface area (Å²) in [6.45, 7) is 5.35. The fourth-order valence-corrected chi connectivity index (χ4v) is 2.02. The third kappa shape index (κ3) is 2.58. The van der Waals surface area contributed by atoms with Crippen LogP contribution in [0.3, 0.4) is 0 Å². The van der Waals surface area contributed by atoms with Gasteiger partial charge in [-0.3, -0.25) is 9.88 Å². The van der Waals surface area contributed by atoms with Crippen LogP contribution >= 0.6 is 0 Å². The van der Waals surface area contributed by atoms with Crippen LogP contribution in [-0.4, -0.2) is 47.3 Å². The predicted octanol–water partition coefficient (Wildman–Crippen LogP) is 0.836. The molecule has 1 N–H and O–H groups in total. The van der Waals surface area contributed by atoms with Gasteiger partial charge < -0.3 is 9.84 Å². The van der Waals surface area contributed by atoms with Crippen LogP contribution in [0.5, 0.6) is 0 Å². The Bertz CT molecular complexity index is 312. The number of morpholine rings is 1. The number of pyridine rings is 1. The van der Waals surface area contributed by atoms with E-state index in [1.165, 1.54) is 0 Å². The zero-order valence-electron chi connectivity index (χ0n) is 9.54. The maximum absolute atomic E-state index is 10.2. The Labute approximate surface area is 95.9 Å². The number of aliphatic hydroxyl groups excluding tert-OH is 1. The molecular formula is C12H18N2O2. The van der Waals surface area contributed by atoms with E-state index < -0.39 is 6.10 Å². The molecule has 1 saturated heterocycles. The number of nitrogens with zero attached hydrogens (tertiary/aromatic N) is 2. The molecule has 0 aromatic carbocycles. The third-order valence-electron chi connectivity index (χ3n) is 3.13. The van der Waals surface area contributed by atoms with Gasteiger partial charge in [0.2, 0.25) is 0 Å². The summed E-state index contributed by atoms with van der Waals surface area (Å²) in [4.78, 5) is 6.21. The molecule has 1 aromatic rings. The molecule has 0 spiro atoms. The maximum Gasteiger partial charge on any atom is 0.0943 e. The molecule has 2 rings (SSSR count). The zero-order valence-corrected chi connectivity index (χ0v) is 9.54. The lowest BCUT2D eigenvalue weighted by molar-refractivity contribution is -0.0166. The van der Waals surface area contributed by atoms with Gasteiger partial charge in [-0.2, -0.15) is 0 Å². The molecule has 0 amide bonds. The second kappa shape index (κ2) is 5.39. The van der Waals surface area contributed by atoms with Crippen molar-refractivity contribution in [2.75, 3.05) is 26.3 Å². The van der Waals surface area contributed by atoms with Crippen LogP contribution < -0.4 is 0 Å². The summed E-state index contributed by atoms with van der Waals surface area (Å²) in [6.07, 6.45) is 2.97. The van der Waals surface area contributed by atoms with Crippen molar-refractivity contribution in [2.45, 2.75) is 19.1 Å². The second-order valence-corrected chi connectivity index (χ2v) is 4.11. The minimum atomic E-state index is -0.457. The van der Waals surface area contributed by atoms with Gasteiger partial charge in [0.1, 0.15) is 0 Å². The quantitative estimate of drug-likeness (QED) is 0.823. The number of hydrogen-bond donors (Lipinski definition) is 1. The highest BCUT2D eigenvalue weighted by atomic mass is 16.5. The van der Waals surface area contributed by atoms with Crippen molar-refractivity contribution in [1.29, 1.82) is 0 Å². The lowest BCUT2D eigenvalue weighted by atomic mass is 10.0. The monoisotopic (exact) mass is 222 g/mol. The first kappa shape index (κ1) is 11.5. The summed E-state index contributed by atoms with van der Waals surface area (Å²) in [5.41, 5.74) is 0.925. The van der Waals surface area contributed by atoms with Gasteiger partial charge in [-0.25, -0.2) is 0 Å². The predicted molar refractivity (Wildman–Crippen MR) is 61.1 cm³/mol. The Morgan fingerprint density at radius 1 is 1.31 bits per heavy atom. The maximum atomic E-state index is 10.2. The van der Waals surface area contributed by atoms with Gasteiger partial charge in [-0.05, 0) is 24.6 Å². The molecule has 1 aromatic heterocycles. The van der Waals surface area contributed by atoms with Crippen molar-refractivity contribution in [3.63, 3.8) is 0 Å². The summed E-state index contributed by atoms with van der Waals surface area (Å²) in [5.74, 6) is 0. The summed E-state index contributed by atoms with van der Waals surface area (Å²) in [7, 11) is 0. The molecule has 0 radical (unpaired) electrons. The van der Waals surface area contributed by atoms with Crippen molar-refractivity contribution in [1.82, 2.24) is 9.88 Å². The minimum Gasteiger partial charge on any atom is -0.387 e. The van der Waals surface area contributed by atoms with Gasteiger partial charge in [0.25, 0.3) is 0 Å². The fourth-order valence-electron chi connectivity index (χ4n) is 2.02. The van der Waals surface area contributed by atoms with E-state index in [0.29, 0.717) is 0 Å². The molecule has 16 heavy (non-hydrogen) atoms. The molecule has 0 bridgehead atoms. The van der Waals surface area contributed by atoms with Crippen LogP contribution in [0.4, 0.5) is 0 Å². The Hall–Kier alpha value is -0.970. The number of hydrogen-bond acceptors (Lipinski definition) is 4. The average molecular weight is 222 g/mol. The standard InChI is InChI=1S/C12H18N2O2/c1-10(14-6-8-16-9-7-14)12(15)11-2-4-13-5-3-11/h2-5,10,12,15H,6-9H2,1H3. The summed E-state index contributed by atoms with van der Waals surface area (Å²) < 4.78 is 5.30. The lowest BCUT2D eigenvalue weighted by Crippen LogP contribution is -2.44. The average Bonchev–Trinajstić information content (AvgIpc) is 2.39. The highest BCUT2D eigenvalue weighted by molar-refractivity contribution is 5.14. The topological polar surface area (TPSA) is 45.6 Å². The Morgan fingerprint density at radius 3 is 2.56 bits per heavy atom. The first-order valence-corrected chi connectivity index (χ1v) is 5.69. The van der Waals surface area contributed by atoms with E-state index in [-0.39, 0.29) is 6.04 Å². The van der Waals surface area contributed by atoms with Gasteiger partial charge in [-0.1, -0.05) is 0 Å². The first-order chi connectivity index (χ1) is 7.79. The SMILES string of the molecule is CC(C(O)c1ccncc1)N1CCOCC1. The lowest BCUT2D eigenvalue weighted by Gasteiger charge is -2.34. The van der Waals surface area contributed by atoms with E-state index in [1.807, 2.05) is 12.1 Å². The van der Waals surface area contributed by atoms with Gasteiger partial charge in [0.05, 0.1) is 19.3 Å². The Balaban J connectivity index is 2.00. The van der Waals surface area contributed by atoms with Gasteiger partial charge in [0, 0.05) is 31.5 Å². The highest BCUT2D eigenvalue weighted by Crippen LogP contribution is 2.20. The van der Waals surface area contributed by atoms with Crippen molar-refractivity contribution < 1.29 is 9.84 Å². The molecule has 0 saturated carbocycles. The van der Waals surface area contributed by atoms with Crippen LogP contribution in [-0.2, 0) is 4.74 Å². The molecule has 1 fully saturated rings. The molecule has 88 valence electrons. The van der Waals surface area contributed by atoms with E-state index in [4.69, 9.17) is 4.74 Å². The minimum absolute atomic E-state index is 0.117. The van der Waals surface area contributed by atoms with Crippen molar-refractivity contribution in [3.05, 3.63) is 30.1 Å². The molecule has 1 aliphatic heterocycles. The third-order valence-corrected chi connectivity index (χ3v) is 3.13. The summed E-state index contributed by atoms with van der Waals surface area (Å²) in [6, 6.07) is 3.84. The fraction of sp³-hybridized carbons (Fsp3) is 0.583. The smallest absolute Gasteiger partial charge is 0.0943 e. The molecule has 0 aliphatic carbocycles. The van der Waals surface area contributed by atoms with Crippen molar-refractivity contribution in [3.8, 4) is 0 Å². The highest BCUT2D eigenvalue weighted by Gasteiger charge is 2.24. The molecular weight excluding hydrogens is 204 g/mol. The van der Waals surface area contributed by atoms with Crippen LogP contribution in [0.1, 0.15) is 18.6 Å². The van der Waals surface area contributed by atoms with E-state index >= 15 is 0 Å². The van der Waals surface area contributed by atoms with E-state index in [9.17, 15) is 5.11 Å². The zero-order chi connectivity index (χ0) is 11.4. The van der Waals surface area contributed by atoms with Crippen LogP contribution in [0.25, 0.3) is 0 Å². The molecule has 2 atom stereocenters. The molecule has 4 heteroatoms. The largest absolute Gasteiger partial charge is 0.387 e. The number of aromatic nitrogens is 1. The van der Waals surface area contributed by atoms with E-state index in [0.717, 1.165) is 31.9 Å².